The molecule has 0 aliphatic rings. The first-order valence-corrected chi connectivity index (χ1v) is 19.6. The fourth-order valence-corrected chi connectivity index (χ4v) is 8.59. The normalized spacial score (nSPS) is 12.5. The Morgan fingerprint density at radius 1 is 1.04 bits per heavy atom. The predicted molar refractivity (Wildman–Crippen MR) is 108 cm³/mol. The molecule has 0 fully saturated rings. The molecule has 0 amide bonds. The van der Waals surface area contributed by atoms with Crippen LogP contribution >= 0.6 is 0 Å². The molecule has 1 nitrogen and oxygen atoms in total. The van der Waals surface area contributed by atoms with E-state index in [1.807, 2.05) is 0 Å². The van der Waals surface area contributed by atoms with Crippen LogP contribution in [0.15, 0.2) is 36.5 Å². The molecule has 0 N–H and O–H groups in total. The second-order valence-corrected chi connectivity index (χ2v) is 25.1. The number of pyridine rings is 1. The Morgan fingerprint density at radius 2 is 1.65 bits per heavy atom. The van der Waals surface area contributed by atoms with Gasteiger partial charge in [-0.25, -0.2) is 0 Å². The van der Waals surface area contributed by atoms with Crippen molar-refractivity contribution in [1.82, 2.24) is 0 Å². The molecular weight excluding hydrogens is 355 g/mol. The molecule has 0 saturated heterocycles. The van der Waals surface area contributed by atoms with Crippen LogP contribution in [0.25, 0.3) is 11.3 Å². The van der Waals surface area contributed by atoms with Crippen molar-refractivity contribution in [3.05, 3.63) is 47.7 Å². The molecule has 0 aliphatic heterocycles. The molecule has 1 aromatic heterocycles. The van der Waals surface area contributed by atoms with Gasteiger partial charge >= 0.3 is 146 Å². The van der Waals surface area contributed by atoms with E-state index in [1.54, 1.807) is 9.96 Å². The van der Waals surface area contributed by atoms with E-state index in [2.05, 4.69) is 92.0 Å². The number of rotatable bonds is 4. The van der Waals surface area contributed by atoms with E-state index in [0.717, 1.165) is 0 Å². The molecule has 124 valence electrons. The Morgan fingerprint density at radius 3 is 2.17 bits per heavy atom. The number of aryl methyl sites for hydroxylation is 2. The number of hydrogen-bond donors (Lipinski definition) is 0. The third kappa shape index (κ3) is 4.57. The Balaban J connectivity index is 2.68. The SMILES string of the molecule is Cc1ccccc1-c1cc(C[Si](C)(C)C)[c]([Ge]([CH3])([CH3])[CH3])c[n+]1C. The molecule has 0 aliphatic carbocycles. The van der Waals surface area contributed by atoms with Crippen LogP contribution in [0.1, 0.15) is 11.1 Å². The van der Waals surface area contributed by atoms with Gasteiger partial charge < -0.3 is 0 Å². The van der Waals surface area contributed by atoms with E-state index in [4.69, 9.17) is 0 Å². The molecule has 1 heterocycles. The Kier molecular flexibility index (Phi) is 5.27. The van der Waals surface area contributed by atoms with E-state index in [-0.39, 0.29) is 0 Å². The average Bonchev–Trinajstić information content (AvgIpc) is 2.38. The second kappa shape index (κ2) is 6.56. The van der Waals surface area contributed by atoms with E-state index in [9.17, 15) is 0 Å². The van der Waals surface area contributed by atoms with E-state index >= 15 is 0 Å². The van der Waals surface area contributed by atoms with Gasteiger partial charge in [-0.2, -0.15) is 0 Å². The summed E-state index contributed by atoms with van der Waals surface area (Å²) in [7, 11) is 1.06. The van der Waals surface area contributed by atoms with Crippen molar-refractivity contribution in [3.8, 4) is 11.3 Å². The van der Waals surface area contributed by atoms with Crippen LogP contribution in [0, 0.1) is 6.92 Å². The van der Waals surface area contributed by atoms with E-state index in [1.165, 1.54) is 22.9 Å². The van der Waals surface area contributed by atoms with Crippen molar-refractivity contribution in [3.63, 3.8) is 0 Å². The molecule has 0 atom stereocenters. The van der Waals surface area contributed by atoms with Crippen LogP contribution in [-0.2, 0) is 13.1 Å². The van der Waals surface area contributed by atoms with Crippen LogP contribution in [0.3, 0.4) is 0 Å². The van der Waals surface area contributed by atoms with Gasteiger partial charge in [-0.1, -0.05) is 0 Å². The molecule has 0 saturated carbocycles. The van der Waals surface area contributed by atoms with Gasteiger partial charge in [0.05, 0.1) is 0 Å². The van der Waals surface area contributed by atoms with Crippen LogP contribution < -0.4 is 8.96 Å². The van der Waals surface area contributed by atoms with Gasteiger partial charge in [-0.05, 0) is 0 Å². The molecule has 1 aromatic carbocycles. The molecule has 0 spiro atoms. The maximum atomic E-state index is 2.51. The molecule has 0 radical (unpaired) electrons. The van der Waals surface area contributed by atoms with Crippen molar-refractivity contribution >= 4 is 25.7 Å². The minimum absolute atomic E-state index is 1.14. The maximum absolute atomic E-state index is 2.51. The first-order valence-electron chi connectivity index (χ1n) is 8.58. The van der Waals surface area contributed by atoms with Crippen molar-refractivity contribution in [2.75, 3.05) is 0 Å². The molecule has 0 bridgehead atoms. The summed E-state index contributed by atoms with van der Waals surface area (Å²) < 4.78 is 4.02. The average molecular weight is 387 g/mol. The summed E-state index contributed by atoms with van der Waals surface area (Å²) in [5, 5.41) is 0. The van der Waals surface area contributed by atoms with Crippen molar-refractivity contribution in [1.29, 1.82) is 0 Å². The Bertz CT molecular complexity index is 709. The summed E-state index contributed by atoms with van der Waals surface area (Å²) in [5.41, 5.74) is 5.69. The fourth-order valence-electron chi connectivity index (χ4n) is 3.21. The summed E-state index contributed by atoms with van der Waals surface area (Å²) in [6.45, 7) is 9.65. The monoisotopic (exact) mass is 388 g/mol. The summed E-state index contributed by atoms with van der Waals surface area (Å²) in [5.74, 6) is 7.53. The third-order valence-electron chi connectivity index (χ3n) is 4.31. The first kappa shape index (κ1) is 18.5. The minimum atomic E-state index is -1.88. The van der Waals surface area contributed by atoms with Gasteiger partial charge in [0.15, 0.2) is 0 Å². The van der Waals surface area contributed by atoms with Gasteiger partial charge in [-0.3, -0.25) is 0 Å². The van der Waals surface area contributed by atoms with Gasteiger partial charge in [0, 0.05) is 0 Å². The Hall–Kier alpha value is -0.870. The predicted octanol–water partition coefficient (Wildman–Crippen LogP) is 4.45. The van der Waals surface area contributed by atoms with Crippen LogP contribution in [-0.4, -0.2) is 21.3 Å². The van der Waals surface area contributed by atoms with Crippen molar-refractivity contribution in [2.45, 2.75) is 49.9 Å². The standard InChI is InChI=1S/C20H32GeNSi/c1-16-11-9-10-12-18(16)20-13-17(15-23(6,7)8)19(14-22(20)5)21(2,3)4/h9-14H,15H2,1-8H3/q+1. The number of nitrogens with zero attached hydrogens (tertiary/aromatic N) is 1. The van der Waals surface area contributed by atoms with E-state index in [0.29, 0.717) is 0 Å². The summed E-state index contributed by atoms with van der Waals surface area (Å²) >= 11 is -1.88. The molecule has 2 rings (SSSR count). The van der Waals surface area contributed by atoms with Crippen LogP contribution in [0.4, 0.5) is 0 Å². The summed E-state index contributed by atoms with van der Waals surface area (Å²) in [4.78, 5) is 0. The molecule has 0 unspecified atom stereocenters. The van der Waals surface area contributed by atoms with Gasteiger partial charge in [0.2, 0.25) is 0 Å². The number of aromatic nitrogens is 1. The topological polar surface area (TPSA) is 3.88 Å². The van der Waals surface area contributed by atoms with Crippen molar-refractivity contribution < 1.29 is 4.57 Å². The fraction of sp³-hybridized carbons (Fsp3) is 0.450. The first-order chi connectivity index (χ1) is 10.5. The van der Waals surface area contributed by atoms with E-state index < -0.39 is 21.3 Å². The summed E-state index contributed by atoms with van der Waals surface area (Å²) in [6, 6.07) is 12.5. The molecular formula is C20H32GeNSi+. The summed E-state index contributed by atoms with van der Waals surface area (Å²) in [6.07, 6.45) is 2.44. The second-order valence-electron chi connectivity index (χ2n) is 9.01. The van der Waals surface area contributed by atoms with Gasteiger partial charge in [0.25, 0.3) is 0 Å². The zero-order valence-corrected chi connectivity index (χ0v) is 19.2. The number of benzene rings is 1. The quantitative estimate of drug-likeness (QED) is 0.539. The zero-order valence-electron chi connectivity index (χ0n) is 16.1. The molecule has 2 aromatic rings. The Labute approximate surface area is 146 Å². The molecule has 23 heavy (non-hydrogen) atoms. The van der Waals surface area contributed by atoms with Gasteiger partial charge in [-0.15, -0.1) is 0 Å². The van der Waals surface area contributed by atoms with Crippen LogP contribution in [0.5, 0.6) is 0 Å². The van der Waals surface area contributed by atoms with Gasteiger partial charge in [0.1, 0.15) is 0 Å². The number of hydrogen-bond acceptors (Lipinski definition) is 0. The molecule has 3 heteroatoms. The zero-order chi connectivity index (χ0) is 17.4. The van der Waals surface area contributed by atoms with Crippen LogP contribution in [0.2, 0.25) is 36.9 Å². The third-order valence-corrected chi connectivity index (χ3v) is 10.1. The van der Waals surface area contributed by atoms with Crippen molar-refractivity contribution in [2.24, 2.45) is 7.05 Å².